The Balaban J connectivity index is 0.000000815. The topological polar surface area (TPSA) is 49.7 Å². The van der Waals surface area contributed by atoms with Crippen LogP contribution in [0.5, 0.6) is 17.2 Å². The lowest BCUT2D eigenvalue weighted by Gasteiger charge is -2.17. The molecule has 0 amide bonds. The smallest absolute Gasteiger partial charge is 0.119 e. The molecule has 3 nitrogen and oxygen atoms in total. The van der Waals surface area contributed by atoms with Crippen molar-refractivity contribution in [3.63, 3.8) is 0 Å². The van der Waals surface area contributed by atoms with Crippen LogP contribution in [0.2, 0.25) is 5.02 Å². The van der Waals surface area contributed by atoms with E-state index in [0.29, 0.717) is 18.1 Å². The van der Waals surface area contributed by atoms with E-state index in [0.717, 1.165) is 61.7 Å². The summed E-state index contributed by atoms with van der Waals surface area (Å²) in [5.74, 6) is 1.25. The molecule has 4 aromatic carbocycles. The molecule has 0 unspecified atom stereocenters. The van der Waals surface area contributed by atoms with Crippen LogP contribution in [-0.2, 0) is 6.42 Å². The van der Waals surface area contributed by atoms with Crippen LogP contribution < -0.4 is 4.74 Å². The Morgan fingerprint density at radius 3 is 2.37 bits per heavy atom. The number of thiol groups is 1. The Morgan fingerprint density at radius 2 is 1.63 bits per heavy atom. The lowest BCUT2D eigenvalue weighted by Crippen LogP contribution is -1.98. The number of ether oxygens (including phenoxy) is 1. The van der Waals surface area contributed by atoms with Crippen molar-refractivity contribution >= 4 is 50.9 Å². The maximum atomic E-state index is 10.2. The summed E-state index contributed by atoms with van der Waals surface area (Å²) in [5.41, 5.74) is 6.22. The average Bonchev–Trinajstić information content (AvgIpc) is 3.25. The van der Waals surface area contributed by atoms with Crippen LogP contribution in [0.4, 0.5) is 0 Å². The van der Waals surface area contributed by atoms with Crippen molar-refractivity contribution in [3.05, 3.63) is 76.8 Å². The predicted molar refractivity (Wildman–Crippen MR) is 156 cm³/mol. The third kappa shape index (κ3) is 5.58. The molecule has 1 aliphatic rings. The van der Waals surface area contributed by atoms with Crippen LogP contribution in [0.25, 0.3) is 33.0 Å². The number of hydrogen-bond donors (Lipinski definition) is 3. The van der Waals surface area contributed by atoms with Gasteiger partial charge in [0.25, 0.3) is 0 Å². The fourth-order valence-electron chi connectivity index (χ4n) is 4.42. The molecule has 0 spiro atoms. The summed E-state index contributed by atoms with van der Waals surface area (Å²) < 4.78 is 5.93. The number of aromatic hydroxyl groups is 2. The minimum atomic E-state index is 0.197. The molecule has 2 N–H and O–H groups in total. The zero-order valence-corrected chi connectivity index (χ0v) is 23.3. The van der Waals surface area contributed by atoms with Crippen molar-refractivity contribution in [2.45, 2.75) is 26.7 Å². The summed E-state index contributed by atoms with van der Waals surface area (Å²) in [6, 6.07) is 18.8. The molecule has 0 atom stereocenters. The molecule has 0 aromatic heterocycles. The Labute approximate surface area is 226 Å². The molecule has 184 valence electrons. The Kier molecular flexibility index (Phi) is 9.79. The molecule has 5 rings (SSSR count). The first-order chi connectivity index (χ1) is 17.1. The highest BCUT2D eigenvalue weighted by Gasteiger charge is 2.28. The minimum absolute atomic E-state index is 0.197. The van der Waals surface area contributed by atoms with Crippen molar-refractivity contribution < 1.29 is 14.9 Å². The molecular formula is C29H30BrClO3S. The van der Waals surface area contributed by atoms with E-state index in [1.807, 2.05) is 44.2 Å². The van der Waals surface area contributed by atoms with E-state index in [1.54, 1.807) is 30.5 Å². The van der Waals surface area contributed by atoms with Gasteiger partial charge in [-0.1, -0.05) is 59.6 Å². The van der Waals surface area contributed by atoms with Crippen LogP contribution in [0.1, 0.15) is 31.4 Å². The van der Waals surface area contributed by atoms with Crippen LogP contribution in [0, 0.1) is 0 Å². The largest absolute Gasteiger partial charge is 0.508 e. The van der Waals surface area contributed by atoms with E-state index in [1.165, 1.54) is 0 Å². The van der Waals surface area contributed by atoms with Gasteiger partial charge in [0.2, 0.25) is 0 Å². The molecule has 0 bridgehead atoms. The summed E-state index contributed by atoms with van der Waals surface area (Å²) in [7, 11) is 0. The highest BCUT2D eigenvalue weighted by atomic mass is 79.9. The van der Waals surface area contributed by atoms with Gasteiger partial charge in [-0.05, 0) is 94.8 Å². The normalized spacial score (nSPS) is 11.0. The molecule has 0 saturated heterocycles. The molecule has 0 heterocycles. The SMILES string of the molecule is CC.CS.Oc1ccc2c(c1)Cc1c-2c(Cl)c2ccc(O)cc2c1-c1cccc(OCCCBr)c1. The molecule has 0 fully saturated rings. The summed E-state index contributed by atoms with van der Waals surface area (Å²) >= 11 is 13.9. The summed E-state index contributed by atoms with van der Waals surface area (Å²) in [4.78, 5) is 0. The molecule has 6 heteroatoms. The average molecular weight is 574 g/mol. The maximum absolute atomic E-state index is 10.2. The van der Waals surface area contributed by atoms with Gasteiger partial charge in [0.1, 0.15) is 17.2 Å². The van der Waals surface area contributed by atoms with Crippen molar-refractivity contribution in [1.29, 1.82) is 0 Å². The van der Waals surface area contributed by atoms with Crippen molar-refractivity contribution in [1.82, 2.24) is 0 Å². The molecule has 0 radical (unpaired) electrons. The highest BCUT2D eigenvalue weighted by molar-refractivity contribution is 9.09. The lowest BCUT2D eigenvalue weighted by molar-refractivity contribution is 0.319. The maximum Gasteiger partial charge on any atom is 0.119 e. The number of halogens is 2. The van der Waals surface area contributed by atoms with Crippen LogP contribution in [0.3, 0.4) is 0 Å². The van der Waals surface area contributed by atoms with Crippen LogP contribution >= 0.6 is 40.2 Å². The molecule has 0 aliphatic heterocycles. The van der Waals surface area contributed by atoms with Gasteiger partial charge in [-0.25, -0.2) is 0 Å². The highest BCUT2D eigenvalue weighted by Crippen LogP contribution is 2.51. The monoisotopic (exact) mass is 572 g/mol. The summed E-state index contributed by atoms with van der Waals surface area (Å²) in [6.45, 7) is 4.64. The minimum Gasteiger partial charge on any atom is -0.508 e. The van der Waals surface area contributed by atoms with Crippen molar-refractivity contribution in [3.8, 4) is 39.5 Å². The number of benzene rings is 4. The molecule has 0 saturated carbocycles. The molecule has 1 aliphatic carbocycles. The third-order valence-corrected chi connectivity index (χ3v) is 6.68. The number of alkyl halides is 1. The second-order valence-corrected chi connectivity index (χ2v) is 8.88. The number of phenolic OH excluding ortho intramolecular Hbond substituents is 2. The fourth-order valence-corrected chi connectivity index (χ4v) is 5.03. The Bertz CT molecular complexity index is 1320. The Hall–Kier alpha value is -2.34. The van der Waals surface area contributed by atoms with Crippen molar-refractivity contribution in [2.24, 2.45) is 0 Å². The van der Waals surface area contributed by atoms with E-state index in [-0.39, 0.29) is 11.5 Å². The van der Waals surface area contributed by atoms with E-state index in [2.05, 4.69) is 34.6 Å². The third-order valence-electron chi connectivity index (χ3n) is 5.73. The lowest BCUT2D eigenvalue weighted by atomic mass is 9.89. The number of hydrogen-bond acceptors (Lipinski definition) is 4. The van der Waals surface area contributed by atoms with Gasteiger partial charge < -0.3 is 14.9 Å². The second kappa shape index (κ2) is 12.6. The first-order valence-corrected chi connectivity index (χ1v) is 14.0. The Morgan fingerprint density at radius 1 is 0.914 bits per heavy atom. The predicted octanol–water partition coefficient (Wildman–Crippen LogP) is 8.88. The summed E-state index contributed by atoms with van der Waals surface area (Å²) in [6.07, 6.45) is 3.28. The zero-order chi connectivity index (χ0) is 25.5. The van der Waals surface area contributed by atoms with Crippen LogP contribution in [-0.4, -0.2) is 28.4 Å². The molecule has 4 aromatic rings. The van der Waals surface area contributed by atoms with E-state index in [9.17, 15) is 10.2 Å². The van der Waals surface area contributed by atoms with Gasteiger partial charge in [-0.15, -0.1) is 0 Å². The number of rotatable bonds is 5. The van der Waals surface area contributed by atoms with E-state index in [4.69, 9.17) is 16.3 Å². The first-order valence-electron chi connectivity index (χ1n) is 11.6. The summed E-state index contributed by atoms with van der Waals surface area (Å²) in [5, 5.41) is 23.6. The van der Waals surface area contributed by atoms with E-state index < -0.39 is 0 Å². The number of fused-ring (bicyclic) bond motifs is 4. The van der Waals surface area contributed by atoms with Gasteiger partial charge in [-0.3, -0.25) is 0 Å². The molecule has 35 heavy (non-hydrogen) atoms. The van der Waals surface area contributed by atoms with Gasteiger partial charge in [-0.2, -0.15) is 12.6 Å². The quantitative estimate of drug-likeness (QED) is 0.112. The van der Waals surface area contributed by atoms with Gasteiger partial charge >= 0.3 is 0 Å². The second-order valence-electron chi connectivity index (χ2n) is 7.71. The fraction of sp³-hybridized carbons (Fsp3) is 0.241. The van der Waals surface area contributed by atoms with Gasteiger partial charge in [0.15, 0.2) is 0 Å². The van der Waals surface area contributed by atoms with Gasteiger partial charge in [0, 0.05) is 16.3 Å². The van der Waals surface area contributed by atoms with E-state index >= 15 is 0 Å². The first kappa shape index (κ1) is 27.3. The zero-order valence-electron chi connectivity index (χ0n) is 20.1. The molecular weight excluding hydrogens is 544 g/mol. The van der Waals surface area contributed by atoms with Gasteiger partial charge in [0.05, 0.1) is 11.6 Å². The standard InChI is InChI=1S/C26H20BrClO3.C2H6.CH4S/c27-9-2-10-31-19-4-1-3-15(12-19)24-22-14-18(30)6-8-21(22)26(28)25-20-7-5-17(29)11-16(20)13-23(24)25;2*1-2/h1,3-8,11-12,14,29-30H,2,9-10,13H2;1-2H3;2H,1H3. The van der Waals surface area contributed by atoms with Crippen molar-refractivity contribution in [2.75, 3.05) is 18.2 Å². The van der Waals surface area contributed by atoms with Crippen LogP contribution in [0.15, 0.2) is 60.7 Å². The number of phenols is 2.